The summed E-state index contributed by atoms with van der Waals surface area (Å²) in [6.45, 7) is 5.30. The van der Waals surface area contributed by atoms with Crippen molar-refractivity contribution in [3.05, 3.63) is 59.4 Å². The van der Waals surface area contributed by atoms with Gasteiger partial charge in [0.1, 0.15) is 5.56 Å². The Bertz CT molecular complexity index is 996. The number of ether oxygens (including phenoxy) is 1. The summed E-state index contributed by atoms with van der Waals surface area (Å²) in [6.07, 6.45) is 1.05. The molecule has 0 saturated heterocycles. The van der Waals surface area contributed by atoms with E-state index in [1.165, 1.54) is 12.3 Å². The van der Waals surface area contributed by atoms with Gasteiger partial charge in [-0.25, -0.2) is 23.5 Å². The molecule has 0 fully saturated rings. The monoisotopic (exact) mass is 393 g/mol. The smallest absolute Gasteiger partial charge is 0.342 e. The molecule has 0 unspecified atom stereocenters. The number of halogens is 3. The molecule has 0 amide bonds. The zero-order valence-corrected chi connectivity index (χ0v) is 15.7. The maximum Gasteiger partial charge on any atom is 0.342 e. The molecule has 0 aliphatic heterocycles. The predicted molar refractivity (Wildman–Crippen MR) is 102 cm³/mol. The number of fused-ring (bicyclic) bond motifs is 1. The first-order chi connectivity index (χ1) is 12.3. The summed E-state index contributed by atoms with van der Waals surface area (Å²) in [7, 11) is 0. The van der Waals surface area contributed by atoms with Crippen molar-refractivity contribution in [3.8, 4) is 0 Å². The van der Waals surface area contributed by atoms with Crippen LogP contribution in [0.15, 0.2) is 36.5 Å². The summed E-state index contributed by atoms with van der Waals surface area (Å²) >= 11 is 0. The second kappa shape index (κ2) is 8.26. The van der Waals surface area contributed by atoms with Crippen LogP contribution >= 0.6 is 12.4 Å². The first-order valence-corrected chi connectivity index (χ1v) is 8.04. The Hall–Kier alpha value is -2.80. The number of hydrogen-bond donors (Lipinski definition) is 1. The van der Waals surface area contributed by atoms with Gasteiger partial charge in [0.15, 0.2) is 17.3 Å². The van der Waals surface area contributed by atoms with E-state index in [0.717, 1.165) is 17.8 Å². The Morgan fingerprint density at radius 2 is 1.89 bits per heavy atom. The maximum atomic E-state index is 13.5. The molecule has 3 rings (SSSR count). The molecule has 1 N–H and O–H groups in total. The standard InChI is InChI=1S/C19H17F2N3O2.ClH/c1-10(2)26-19(25)14-9-22-18-13(6-4-11(3)23-18)17(14)24-12-5-7-15(20)16(21)8-12;/h4-10H,1-3H3,(H,22,23,24);1H. The minimum atomic E-state index is -0.992. The van der Waals surface area contributed by atoms with E-state index in [4.69, 9.17) is 4.74 Å². The van der Waals surface area contributed by atoms with Crippen LogP contribution in [0.2, 0.25) is 0 Å². The van der Waals surface area contributed by atoms with E-state index in [0.29, 0.717) is 16.7 Å². The molecule has 0 bridgehead atoms. The molecule has 0 radical (unpaired) electrons. The van der Waals surface area contributed by atoms with Crippen molar-refractivity contribution in [3.63, 3.8) is 0 Å². The summed E-state index contributed by atoms with van der Waals surface area (Å²) in [5, 5.41) is 3.54. The summed E-state index contributed by atoms with van der Waals surface area (Å²) < 4.78 is 32.0. The second-order valence-electron chi connectivity index (χ2n) is 6.08. The lowest BCUT2D eigenvalue weighted by atomic mass is 10.1. The highest BCUT2D eigenvalue weighted by Gasteiger charge is 2.19. The lowest BCUT2D eigenvalue weighted by Crippen LogP contribution is -2.14. The molecule has 0 spiro atoms. The summed E-state index contributed by atoms with van der Waals surface area (Å²) in [5.41, 5.74) is 2.04. The molecule has 27 heavy (non-hydrogen) atoms. The number of nitrogens with zero attached hydrogens (tertiary/aromatic N) is 2. The number of carbonyl (C=O) groups is 1. The average Bonchev–Trinajstić information content (AvgIpc) is 2.57. The van der Waals surface area contributed by atoms with Crippen LogP contribution in [0.4, 0.5) is 20.2 Å². The second-order valence-corrected chi connectivity index (χ2v) is 6.08. The van der Waals surface area contributed by atoms with E-state index in [1.54, 1.807) is 26.0 Å². The molecule has 0 aliphatic carbocycles. The highest BCUT2D eigenvalue weighted by molar-refractivity contribution is 6.05. The van der Waals surface area contributed by atoms with E-state index in [9.17, 15) is 13.6 Å². The third-order valence-corrected chi connectivity index (χ3v) is 3.62. The van der Waals surface area contributed by atoms with Gasteiger partial charge in [-0.05, 0) is 45.0 Å². The Morgan fingerprint density at radius 3 is 2.56 bits per heavy atom. The number of pyridine rings is 2. The van der Waals surface area contributed by atoms with Crippen LogP contribution in [-0.2, 0) is 4.74 Å². The minimum Gasteiger partial charge on any atom is -0.459 e. The molecule has 2 aromatic heterocycles. The highest BCUT2D eigenvalue weighted by Crippen LogP contribution is 2.30. The molecular weight excluding hydrogens is 376 g/mol. The van der Waals surface area contributed by atoms with E-state index in [2.05, 4.69) is 15.3 Å². The number of rotatable bonds is 4. The van der Waals surface area contributed by atoms with Crippen molar-refractivity contribution in [2.24, 2.45) is 0 Å². The van der Waals surface area contributed by atoms with Crippen LogP contribution in [0.5, 0.6) is 0 Å². The molecule has 0 atom stereocenters. The summed E-state index contributed by atoms with van der Waals surface area (Å²) in [5.74, 6) is -2.51. The molecular formula is C19H18ClF2N3O2. The molecule has 0 aliphatic rings. The Balaban J connectivity index is 0.00000261. The van der Waals surface area contributed by atoms with Crippen LogP contribution in [0, 0.1) is 18.6 Å². The largest absolute Gasteiger partial charge is 0.459 e. The quantitative estimate of drug-likeness (QED) is 0.635. The first-order valence-electron chi connectivity index (χ1n) is 8.04. The lowest BCUT2D eigenvalue weighted by Gasteiger charge is -2.15. The van der Waals surface area contributed by atoms with Crippen molar-refractivity contribution in [1.82, 2.24) is 9.97 Å². The molecule has 5 nitrogen and oxygen atoms in total. The number of anilines is 2. The van der Waals surface area contributed by atoms with Crippen molar-refractivity contribution in [2.45, 2.75) is 26.9 Å². The molecule has 3 aromatic rings. The van der Waals surface area contributed by atoms with Gasteiger partial charge < -0.3 is 10.1 Å². The number of carbonyl (C=O) groups excluding carboxylic acids is 1. The maximum absolute atomic E-state index is 13.5. The number of esters is 1. The van der Waals surface area contributed by atoms with Gasteiger partial charge in [-0.2, -0.15) is 0 Å². The normalized spacial score (nSPS) is 10.6. The fourth-order valence-electron chi connectivity index (χ4n) is 2.46. The lowest BCUT2D eigenvalue weighted by molar-refractivity contribution is 0.0379. The van der Waals surface area contributed by atoms with Gasteiger partial charge in [-0.15, -0.1) is 12.4 Å². The zero-order chi connectivity index (χ0) is 18.8. The van der Waals surface area contributed by atoms with Gasteiger partial charge in [0.05, 0.1) is 11.8 Å². The van der Waals surface area contributed by atoms with Gasteiger partial charge in [-0.1, -0.05) is 0 Å². The van der Waals surface area contributed by atoms with Gasteiger partial charge in [0.2, 0.25) is 0 Å². The van der Waals surface area contributed by atoms with E-state index < -0.39 is 17.6 Å². The number of nitrogens with one attached hydrogen (secondary N) is 1. The molecule has 2 heterocycles. The van der Waals surface area contributed by atoms with Crippen molar-refractivity contribution in [2.75, 3.05) is 5.32 Å². The molecule has 142 valence electrons. The van der Waals surface area contributed by atoms with Crippen molar-refractivity contribution < 1.29 is 18.3 Å². The molecule has 0 saturated carbocycles. The highest BCUT2D eigenvalue weighted by atomic mass is 35.5. The summed E-state index contributed by atoms with van der Waals surface area (Å²) in [6, 6.07) is 6.94. The van der Waals surface area contributed by atoms with E-state index in [1.807, 2.05) is 6.92 Å². The number of aromatic nitrogens is 2. The Kier molecular flexibility index (Phi) is 6.28. The zero-order valence-electron chi connectivity index (χ0n) is 14.9. The number of benzene rings is 1. The molecule has 8 heteroatoms. The van der Waals surface area contributed by atoms with Crippen molar-refractivity contribution in [1.29, 1.82) is 0 Å². The van der Waals surface area contributed by atoms with Crippen LogP contribution < -0.4 is 5.32 Å². The third kappa shape index (κ3) is 4.49. The SMILES string of the molecule is Cc1ccc2c(Nc3ccc(F)c(F)c3)c(C(=O)OC(C)C)cnc2n1.Cl. The van der Waals surface area contributed by atoms with Crippen LogP contribution in [0.25, 0.3) is 11.0 Å². The topological polar surface area (TPSA) is 64.1 Å². The van der Waals surface area contributed by atoms with Gasteiger partial charge in [0, 0.05) is 29.0 Å². The summed E-state index contributed by atoms with van der Waals surface area (Å²) in [4.78, 5) is 21.0. The third-order valence-electron chi connectivity index (χ3n) is 3.62. The minimum absolute atomic E-state index is 0. The Morgan fingerprint density at radius 1 is 1.15 bits per heavy atom. The van der Waals surface area contributed by atoms with Crippen molar-refractivity contribution >= 4 is 40.8 Å². The van der Waals surface area contributed by atoms with Gasteiger partial charge in [-0.3, -0.25) is 0 Å². The Labute approximate surface area is 161 Å². The fraction of sp³-hybridized carbons (Fsp3) is 0.211. The number of aryl methyl sites for hydroxylation is 1. The van der Waals surface area contributed by atoms with E-state index in [-0.39, 0.29) is 29.8 Å². The van der Waals surface area contributed by atoms with Gasteiger partial charge >= 0.3 is 5.97 Å². The predicted octanol–water partition coefficient (Wildman–Crippen LogP) is 4.95. The van der Waals surface area contributed by atoms with Crippen LogP contribution in [0.1, 0.15) is 29.9 Å². The van der Waals surface area contributed by atoms with Gasteiger partial charge in [0.25, 0.3) is 0 Å². The number of hydrogen-bond acceptors (Lipinski definition) is 5. The fourth-order valence-corrected chi connectivity index (χ4v) is 2.46. The van der Waals surface area contributed by atoms with Crippen LogP contribution in [0.3, 0.4) is 0 Å². The van der Waals surface area contributed by atoms with E-state index >= 15 is 0 Å². The average molecular weight is 394 g/mol. The van der Waals surface area contributed by atoms with Crippen LogP contribution in [-0.4, -0.2) is 22.0 Å². The first kappa shape index (κ1) is 20.5. The molecule has 1 aromatic carbocycles.